The summed E-state index contributed by atoms with van der Waals surface area (Å²) in [5.41, 5.74) is 1.36. The van der Waals surface area contributed by atoms with Gasteiger partial charge in [-0.05, 0) is 36.8 Å². The molecule has 0 atom stereocenters. The number of ether oxygens (including phenoxy) is 1. The summed E-state index contributed by atoms with van der Waals surface area (Å²) in [4.78, 5) is 29.3. The number of amides is 1. The second-order valence-corrected chi connectivity index (χ2v) is 7.57. The molecule has 152 valence electrons. The van der Waals surface area contributed by atoms with Gasteiger partial charge in [0.1, 0.15) is 11.3 Å². The summed E-state index contributed by atoms with van der Waals surface area (Å²) in [5.74, 6) is 0.368. The molecule has 0 unspecified atom stereocenters. The van der Waals surface area contributed by atoms with E-state index in [0.29, 0.717) is 39.9 Å². The van der Waals surface area contributed by atoms with Gasteiger partial charge in [0.05, 0.1) is 17.9 Å². The molecule has 0 fully saturated rings. The first kappa shape index (κ1) is 19.8. The topological polar surface area (TPSA) is 81.4 Å². The monoisotopic (exact) mass is 420 g/mol. The standard InChI is InChI=1S/C23H20N2O4S/c1-2-3-11-28-17-9-6-8-16(12-17)21(26)25-23-24-19(14-30-23)18-13-15-7-4-5-10-20(15)29-22(18)27/h4-10,12-14H,2-3,11H2,1H3,(H,24,25,26). The van der Waals surface area contributed by atoms with Gasteiger partial charge < -0.3 is 9.15 Å². The van der Waals surface area contributed by atoms with E-state index in [2.05, 4.69) is 17.2 Å². The minimum Gasteiger partial charge on any atom is -0.494 e. The number of para-hydroxylation sites is 1. The molecule has 2 heterocycles. The Morgan fingerprint density at radius 1 is 1.17 bits per heavy atom. The van der Waals surface area contributed by atoms with Gasteiger partial charge in [0.2, 0.25) is 0 Å². The number of unbranched alkanes of at least 4 members (excludes halogenated alkanes) is 1. The number of carbonyl (C=O) groups is 1. The number of nitrogens with zero attached hydrogens (tertiary/aromatic N) is 1. The molecule has 1 amide bonds. The molecule has 0 aliphatic heterocycles. The molecule has 0 bridgehead atoms. The first-order valence-corrected chi connectivity index (χ1v) is 10.5. The highest BCUT2D eigenvalue weighted by Gasteiger charge is 2.14. The van der Waals surface area contributed by atoms with Crippen LogP contribution in [0.15, 0.2) is 69.2 Å². The number of aromatic nitrogens is 1. The van der Waals surface area contributed by atoms with Crippen LogP contribution in [0, 0.1) is 0 Å². The molecule has 30 heavy (non-hydrogen) atoms. The van der Waals surface area contributed by atoms with Gasteiger partial charge in [-0.1, -0.05) is 37.6 Å². The molecule has 7 heteroatoms. The van der Waals surface area contributed by atoms with Crippen LogP contribution in [0.3, 0.4) is 0 Å². The Bertz CT molecular complexity index is 1250. The molecule has 6 nitrogen and oxygen atoms in total. The van der Waals surface area contributed by atoms with Crippen LogP contribution in [-0.4, -0.2) is 17.5 Å². The summed E-state index contributed by atoms with van der Waals surface area (Å²) in [6.07, 6.45) is 2.00. The third-order valence-corrected chi connectivity index (χ3v) is 5.26. The third kappa shape index (κ3) is 4.41. The lowest BCUT2D eigenvalue weighted by molar-refractivity contribution is 0.102. The van der Waals surface area contributed by atoms with E-state index in [1.807, 2.05) is 24.3 Å². The van der Waals surface area contributed by atoms with Crippen molar-refractivity contribution in [3.05, 3.63) is 76.0 Å². The number of hydrogen-bond donors (Lipinski definition) is 1. The Kier molecular flexibility index (Phi) is 5.90. The molecular formula is C23H20N2O4S. The van der Waals surface area contributed by atoms with Crippen molar-refractivity contribution in [3.63, 3.8) is 0 Å². The highest BCUT2D eigenvalue weighted by molar-refractivity contribution is 7.14. The zero-order chi connectivity index (χ0) is 20.9. The van der Waals surface area contributed by atoms with Crippen molar-refractivity contribution in [1.82, 2.24) is 4.98 Å². The van der Waals surface area contributed by atoms with Crippen LogP contribution in [-0.2, 0) is 0 Å². The molecule has 0 saturated heterocycles. The van der Waals surface area contributed by atoms with Gasteiger partial charge in [0.15, 0.2) is 5.13 Å². The number of fused-ring (bicyclic) bond motifs is 1. The summed E-state index contributed by atoms with van der Waals surface area (Å²) < 4.78 is 11.0. The van der Waals surface area contributed by atoms with E-state index in [-0.39, 0.29) is 5.91 Å². The summed E-state index contributed by atoms with van der Waals surface area (Å²) in [6.45, 7) is 2.71. The van der Waals surface area contributed by atoms with Crippen molar-refractivity contribution in [2.24, 2.45) is 0 Å². The number of benzene rings is 2. The van der Waals surface area contributed by atoms with Crippen molar-refractivity contribution in [2.45, 2.75) is 19.8 Å². The quantitative estimate of drug-likeness (QED) is 0.322. The van der Waals surface area contributed by atoms with Crippen LogP contribution < -0.4 is 15.7 Å². The fourth-order valence-electron chi connectivity index (χ4n) is 2.93. The first-order chi connectivity index (χ1) is 14.6. The van der Waals surface area contributed by atoms with E-state index >= 15 is 0 Å². The maximum atomic E-state index is 12.6. The Balaban J connectivity index is 1.51. The van der Waals surface area contributed by atoms with Gasteiger partial charge in [0, 0.05) is 16.3 Å². The minimum atomic E-state index is -0.464. The smallest absolute Gasteiger partial charge is 0.345 e. The Labute approximate surface area is 177 Å². The Hall–Kier alpha value is -3.45. The number of anilines is 1. The normalized spacial score (nSPS) is 10.8. The van der Waals surface area contributed by atoms with Crippen molar-refractivity contribution >= 4 is 33.3 Å². The van der Waals surface area contributed by atoms with E-state index in [1.54, 1.807) is 35.7 Å². The molecule has 0 spiro atoms. The second kappa shape index (κ2) is 8.92. The highest BCUT2D eigenvalue weighted by Crippen LogP contribution is 2.26. The van der Waals surface area contributed by atoms with Crippen molar-refractivity contribution in [3.8, 4) is 17.0 Å². The van der Waals surface area contributed by atoms with Crippen LogP contribution >= 0.6 is 11.3 Å². The summed E-state index contributed by atoms with van der Waals surface area (Å²) >= 11 is 1.25. The Morgan fingerprint density at radius 2 is 2.03 bits per heavy atom. The van der Waals surface area contributed by atoms with Gasteiger partial charge in [-0.25, -0.2) is 9.78 Å². The van der Waals surface area contributed by atoms with E-state index in [1.165, 1.54) is 11.3 Å². The maximum absolute atomic E-state index is 12.6. The largest absolute Gasteiger partial charge is 0.494 e. The van der Waals surface area contributed by atoms with Crippen molar-refractivity contribution in [2.75, 3.05) is 11.9 Å². The Morgan fingerprint density at radius 3 is 2.90 bits per heavy atom. The highest BCUT2D eigenvalue weighted by atomic mass is 32.1. The fraction of sp³-hybridized carbons (Fsp3) is 0.174. The van der Waals surface area contributed by atoms with E-state index in [0.717, 1.165) is 18.2 Å². The van der Waals surface area contributed by atoms with Crippen LogP contribution in [0.4, 0.5) is 5.13 Å². The molecule has 2 aromatic carbocycles. The van der Waals surface area contributed by atoms with Gasteiger partial charge in [-0.2, -0.15) is 0 Å². The molecular weight excluding hydrogens is 400 g/mol. The van der Waals surface area contributed by atoms with Crippen LogP contribution in [0.5, 0.6) is 5.75 Å². The predicted octanol–water partition coefficient (Wildman–Crippen LogP) is 5.35. The second-order valence-electron chi connectivity index (χ2n) is 6.71. The lowest BCUT2D eigenvalue weighted by Gasteiger charge is -2.07. The first-order valence-electron chi connectivity index (χ1n) is 9.67. The van der Waals surface area contributed by atoms with Crippen LogP contribution in [0.25, 0.3) is 22.2 Å². The zero-order valence-corrected chi connectivity index (χ0v) is 17.2. The predicted molar refractivity (Wildman–Crippen MR) is 118 cm³/mol. The van der Waals surface area contributed by atoms with Gasteiger partial charge >= 0.3 is 5.63 Å². The van der Waals surface area contributed by atoms with Crippen molar-refractivity contribution in [1.29, 1.82) is 0 Å². The number of carbonyl (C=O) groups excluding carboxylic acids is 1. The van der Waals surface area contributed by atoms with Gasteiger partial charge in [-0.15, -0.1) is 11.3 Å². The third-order valence-electron chi connectivity index (χ3n) is 4.50. The number of rotatable bonds is 7. The summed E-state index contributed by atoms with van der Waals surface area (Å²) in [5, 5.41) is 5.72. The fourth-order valence-corrected chi connectivity index (χ4v) is 3.63. The number of nitrogens with one attached hydrogen (secondary N) is 1. The zero-order valence-electron chi connectivity index (χ0n) is 16.4. The lowest BCUT2D eigenvalue weighted by atomic mass is 10.1. The molecule has 1 N–H and O–H groups in total. The molecule has 2 aromatic heterocycles. The maximum Gasteiger partial charge on any atom is 0.345 e. The molecule has 0 saturated carbocycles. The minimum absolute atomic E-state index is 0.289. The lowest BCUT2D eigenvalue weighted by Crippen LogP contribution is -2.12. The van der Waals surface area contributed by atoms with E-state index < -0.39 is 5.63 Å². The van der Waals surface area contributed by atoms with Gasteiger partial charge in [0.25, 0.3) is 5.91 Å². The molecule has 0 aliphatic rings. The van der Waals surface area contributed by atoms with Crippen molar-refractivity contribution < 1.29 is 13.9 Å². The van der Waals surface area contributed by atoms with E-state index in [4.69, 9.17) is 9.15 Å². The molecule has 0 aliphatic carbocycles. The average Bonchev–Trinajstić information content (AvgIpc) is 3.22. The molecule has 4 aromatic rings. The average molecular weight is 420 g/mol. The summed E-state index contributed by atoms with van der Waals surface area (Å²) in [6, 6.07) is 16.1. The van der Waals surface area contributed by atoms with Crippen LogP contribution in [0.1, 0.15) is 30.1 Å². The number of hydrogen-bond acceptors (Lipinski definition) is 6. The van der Waals surface area contributed by atoms with Crippen LogP contribution in [0.2, 0.25) is 0 Å². The van der Waals surface area contributed by atoms with E-state index in [9.17, 15) is 9.59 Å². The SMILES string of the molecule is CCCCOc1cccc(C(=O)Nc2nc(-c3cc4ccccc4oc3=O)cs2)c1. The molecule has 4 rings (SSSR count). The molecule has 0 radical (unpaired) electrons. The summed E-state index contributed by atoms with van der Waals surface area (Å²) in [7, 11) is 0. The number of thiazole rings is 1. The van der Waals surface area contributed by atoms with Gasteiger partial charge in [-0.3, -0.25) is 10.1 Å².